The molecule has 1 aromatic rings. The zero-order valence-corrected chi connectivity index (χ0v) is 14.3. The van der Waals surface area contributed by atoms with Gasteiger partial charge in [-0.05, 0) is 44.2 Å². The van der Waals surface area contributed by atoms with Crippen LogP contribution in [0.4, 0.5) is 0 Å². The van der Waals surface area contributed by atoms with Crippen LogP contribution in [0.15, 0.2) is 23.1 Å². The molecule has 6 heteroatoms. The highest BCUT2D eigenvalue weighted by Gasteiger charge is 2.35. The third kappa shape index (κ3) is 3.12. The Labute approximate surface area is 132 Å². The van der Waals surface area contributed by atoms with Gasteiger partial charge in [0.1, 0.15) is 4.99 Å². The van der Waals surface area contributed by atoms with E-state index in [1.165, 1.54) is 0 Å². The number of nitrogens with two attached hydrogens (primary N) is 1. The molecule has 116 valence electrons. The zero-order chi connectivity index (χ0) is 15.8. The van der Waals surface area contributed by atoms with Gasteiger partial charge in [-0.1, -0.05) is 31.3 Å². The van der Waals surface area contributed by atoms with E-state index < -0.39 is 10.0 Å². The smallest absolute Gasteiger partial charge is 0.243 e. The van der Waals surface area contributed by atoms with E-state index in [1.54, 1.807) is 29.4 Å². The molecule has 0 radical (unpaired) electrons. The Hall–Kier alpha value is -0.980. The third-order valence-corrected chi connectivity index (χ3v) is 6.74. The highest BCUT2D eigenvalue weighted by atomic mass is 32.2. The van der Waals surface area contributed by atoms with Crippen molar-refractivity contribution in [3.63, 3.8) is 0 Å². The maximum absolute atomic E-state index is 13.0. The Kier molecular flexibility index (Phi) is 4.70. The summed E-state index contributed by atoms with van der Waals surface area (Å²) in [6.45, 7) is 6.46. The summed E-state index contributed by atoms with van der Waals surface area (Å²) in [5.74, 6) is 0.368. The van der Waals surface area contributed by atoms with E-state index in [0.29, 0.717) is 22.9 Å². The van der Waals surface area contributed by atoms with Crippen molar-refractivity contribution in [1.82, 2.24) is 4.31 Å². The van der Waals surface area contributed by atoms with Gasteiger partial charge in [0.2, 0.25) is 10.0 Å². The number of piperidine rings is 1. The van der Waals surface area contributed by atoms with E-state index in [2.05, 4.69) is 6.92 Å². The summed E-state index contributed by atoms with van der Waals surface area (Å²) in [4.78, 5) is 0.528. The summed E-state index contributed by atoms with van der Waals surface area (Å²) in [5.41, 5.74) is 6.94. The number of benzene rings is 1. The van der Waals surface area contributed by atoms with E-state index in [1.807, 2.05) is 6.92 Å². The first-order chi connectivity index (χ1) is 9.75. The van der Waals surface area contributed by atoms with Gasteiger partial charge in [0, 0.05) is 18.2 Å². The molecule has 2 rings (SSSR count). The van der Waals surface area contributed by atoms with Crippen molar-refractivity contribution in [3.8, 4) is 0 Å². The van der Waals surface area contributed by atoms with Crippen LogP contribution in [0, 0.1) is 12.8 Å². The summed E-state index contributed by atoms with van der Waals surface area (Å²) in [6.07, 6.45) is 1.97. The van der Waals surface area contributed by atoms with E-state index in [4.69, 9.17) is 18.0 Å². The lowest BCUT2D eigenvalue weighted by Gasteiger charge is -2.37. The van der Waals surface area contributed by atoms with Gasteiger partial charge in [0.05, 0.1) is 4.90 Å². The van der Waals surface area contributed by atoms with E-state index >= 15 is 0 Å². The molecule has 1 aliphatic rings. The van der Waals surface area contributed by atoms with Crippen LogP contribution in [0.3, 0.4) is 0 Å². The molecule has 0 aromatic heterocycles. The standard InChI is InChI=1S/C15H22N2O2S2/c1-10-5-4-8-17(12(10)3)21(18,19)14-9-13(15(16)20)7-6-11(14)2/h6-7,9-10,12H,4-5,8H2,1-3H3,(H2,16,20). The van der Waals surface area contributed by atoms with Crippen LogP contribution in [-0.2, 0) is 10.0 Å². The fourth-order valence-corrected chi connectivity index (χ4v) is 4.94. The van der Waals surface area contributed by atoms with Gasteiger partial charge in [-0.2, -0.15) is 4.31 Å². The van der Waals surface area contributed by atoms with Crippen LogP contribution >= 0.6 is 12.2 Å². The molecule has 2 N–H and O–H groups in total. The maximum atomic E-state index is 13.0. The monoisotopic (exact) mass is 326 g/mol. The van der Waals surface area contributed by atoms with Gasteiger partial charge >= 0.3 is 0 Å². The second kappa shape index (κ2) is 6.02. The molecule has 0 saturated carbocycles. The zero-order valence-electron chi connectivity index (χ0n) is 12.7. The molecule has 4 nitrogen and oxygen atoms in total. The minimum absolute atomic E-state index is 0.0108. The normalized spacial score (nSPS) is 24.0. The van der Waals surface area contributed by atoms with Crippen LogP contribution in [0.25, 0.3) is 0 Å². The highest BCUT2D eigenvalue weighted by molar-refractivity contribution is 7.89. The van der Waals surface area contributed by atoms with Gasteiger partial charge < -0.3 is 5.73 Å². The predicted octanol–water partition coefficient (Wildman–Crippen LogP) is 2.44. The number of rotatable bonds is 3. The van der Waals surface area contributed by atoms with Crippen molar-refractivity contribution >= 4 is 27.2 Å². The second-order valence-corrected chi connectivity index (χ2v) is 8.12. The van der Waals surface area contributed by atoms with E-state index in [-0.39, 0.29) is 11.0 Å². The van der Waals surface area contributed by atoms with Gasteiger partial charge in [-0.25, -0.2) is 8.42 Å². The predicted molar refractivity (Wildman–Crippen MR) is 88.8 cm³/mol. The van der Waals surface area contributed by atoms with Crippen LogP contribution in [0.5, 0.6) is 0 Å². The topological polar surface area (TPSA) is 63.4 Å². The molecule has 21 heavy (non-hydrogen) atoms. The molecular weight excluding hydrogens is 304 g/mol. The summed E-state index contributed by atoms with van der Waals surface area (Å²) in [5, 5.41) is 0. The minimum Gasteiger partial charge on any atom is -0.389 e. The summed E-state index contributed by atoms with van der Waals surface area (Å²) in [7, 11) is -3.51. The van der Waals surface area contributed by atoms with Crippen LogP contribution in [0.1, 0.15) is 37.8 Å². The van der Waals surface area contributed by atoms with E-state index in [9.17, 15) is 8.42 Å². The summed E-state index contributed by atoms with van der Waals surface area (Å²) < 4.78 is 27.6. The van der Waals surface area contributed by atoms with Crippen LogP contribution in [-0.4, -0.2) is 30.3 Å². The van der Waals surface area contributed by atoms with Crippen molar-refractivity contribution in [2.75, 3.05) is 6.54 Å². The van der Waals surface area contributed by atoms with Gasteiger partial charge in [0.15, 0.2) is 0 Å². The van der Waals surface area contributed by atoms with Crippen molar-refractivity contribution < 1.29 is 8.42 Å². The molecular formula is C15H22N2O2S2. The molecule has 1 heterocycles. The molecule has 1 aliphatic heterocycles. The summed E-state index contributed by atoms with van der Waals surface area (Å²) in [6, 6.07) is 5.13. The molecule has 0 amide bonds. The quantitative estimate of drug-likeness (QED) is 0.867. The Morgan fingerprint density at radius 1 is 1.38 bits per heavy atom. The average Bonchev–Trinajstić information content (AvgIpc) is 2.41. The molecule has 1 aromatic carbocycles. The number of thiocarbonyl (C=S) groups is 1. The van der Waals surface area contributed by atoms with Gasteiger partial charge in [0.25, 0.3) is 0 Å². The lowest BCUT2D eigenvalue weighted by atomic mass is 9.94. The molecule has 0 aliphatic carbocycles. The molecule has 0 spiro atoms. The van der Waals surface area contributed by atoms with Gasteiger partial charge in [-0.3, -0.25) is 0 Å². The van der Waals surface area contributed by atoms with Gasteiger partial charge in [-0.15, -0.1) is 0 Å². The molecule has 2 unspecified atom stereocenters. The molecule has 2 atom stereocenters. The molecule has 1 saturated heterocycles. The van der Waals surface area contributed by atoms with Crippen molar-refractivity contribution in [3.05, 3.63) is 29.3 Å². The fraction of sp³-hybridized carbons (Fsp3) is 0.533. The summed E-state index contributed by atoms with van der Waals surface area (Å²) >= 11 is 4.96. The Balaban J connectivity index is 2.48. The first-order valence-corrected chi connectivity index (χ1v) is 9.02. The number of sulfonamides is 1. The first-order valence-electron chi connectivity index (χ1n) is 7.17. The first kappa shape index (κ1) is 16.4. The molecule has 0 bridgehead atoms. The highest BCUT2D eigenvalue weighted by Crippen LogP contribution is 2.30. The number of aryl methyl sites for hydroxylation is 1. The lowest BCUT2D eigenvalue weighted by molar-refractivity contribution is 0.202. The largest absolute Gasteiger partial charge is 0.389 e. The van der Waals surface area contributed by atoms with Crippen molar-refractivity contribution in [1.29, 1.82) is 0 Å². The average molecular weight is 326 g/mol. The maximum Gasteiger partial charge on any atom is 0.243 e. The van der Waals surface area contributed by atoms with Crippen molar-refractivity contribution in [2.24, 2.45) is 11.7 Å². The van der Waals surface area contributed by atoms with E-state index in [0.717, 1.165) is 18.4 Å². The second-order valence-electron chi connectivity index (χ2n) is 5.82. The Morgan fingerprint density at radius 3 is 2.67 bits per heavy atom. The Morgan fingerprint density at radius 2 is 2.05 bits per heavy atom. The van der Waals surface area contributed by atoms with Crippen LogP contribution in [0.2, 0.25) is 0 Å². The number of hydrogen-bond acceptors (Lipinski definition) is 3. The number of nitrogens with zero attached hydrogens (tertiary/aromatic N) is 1. The molecule has 1 fully saturated rings. The Bertz CT molecular complexity index is 656. The van der Waals surface area contributed by atoms with Crippen molar-refractivity contribution in [2.45, 2.75) is 44.6 Å². The third-order valence-electron chi connectivity index (χ3n) is 4.38. The minimum atomic E-state index is -3.51. The number of hydrogen-bond donors (Lipinski definition) is 1. The fourth-order valence-electron chi connectivity index (χ4n) is 2.79. The van der Waals surface area contributed by atoms with Crippen LogP contribution < -0.4 is 5.73 Å². The SMILES string of the molecule is Cc1ccc(C(N)=S)cc1S(=O)(=O)N1CCCC(C)C1C. The lowest BCUT2D eigenvalue weighted by Crippen LogP contribution is -2.46.